The zero-order chi connectivity index (χ0) is 27.9. The van der Waals surface area contributed by atoms with Crippen molar-refractivity contribution in [2.45, 2.75) is 83.8 Å². The van der Waals surface area contributed by atoms with Crippen LogP contribution in [0.1, 0.15) is 71.8 Å². The van der Waals surface area contributed by atoms with Crippen molar-refractivity contribution in [3.63, 3.8) is 0 Å². The van der Waals surface area contributed by atoms with E-state index in [1.165, 1.54) is 25.7 Å². The number of nitrogens with zero attached hydrogens (tertiary/aromatic N) is 6. The smallest absolute Gasteiger partial charge is 0.246 e. The molecule has 2 aromatic rings. The number of anilines is 4. The van der Waals surface area contributed by atoms with Gasteiger partial charge in [0.25, 0.3) is 0 Å². The van der Waals surface area contributed by atoms with E-state index in [4.69, 9.17) is 9.97 Å². The van der Waals surface area contributed by atoms with E-state index in [9.17, 15) is 4.79 Å². The van der Waals surface area contributed by atoms with Crippen molar-refractivity contribution < 1.29 is 4.79 Å². The van der Waals surface area contributed by atoms with Gasteiger partial charge in [0.05, 0.1) is 17.4 Å². The molecule has 0 bridgehead atoms. The molecule has 5 heterocycles. The number of amides is 1. The monoisotopic (exact) mass is 544 g/mol. The Bertz CT molecular complexity index is 1250. The van der Waals surface area contributed by atoms with Crippen LogP contribution in [0.3, 0.4) is 0 Å². The Morgan fingerprint density at radius 1 is 1.10 bits per heavy atom. The van der Waals surface area contributed by atoms with Crippen molar-refractivity contribution in [1.29, 1.82) is 0 Å². The molecule has 6 rings (SSSR count). The molecule has 2 aromatic heterocycles. The third kappa shape index (κ3) is 5.40. The summed E-state index contributed by atoms with van der Waals surface area (Å²) in [6.07, 6.45) is 14.7. The van der Waals surface area contributed by atoms with E-state index in [-0.39, 0.29) is 17.5 Å². The van der Waals surface area contributed by atoms with E-state index < -0.39 is 0 Å². The fourth-order valence-corrected chi connectivity index (χ4v) is 6.76. The van der Waals surface area contributed by atoms with E-state index in [2.05, 4.69) is 64.1 Å². The first-order valence-electron chi connectivity index (χ1n) is 15.1. The number of carbonyl (C=O) groups is 1. The van der Waals surface area contributed by atoms with Gasteiger partial charge in [-0.2, -0.15) is 4.98 Å². The summed E-state index contributed by atoms with van der Waals surface area (Å²) in [5.41, 5.74) is 2.38. The summed E-state index contributed by atoms with van der Waals surface area (Å²) in [4.78, 5) is 34.4. The number of pyridine rings is 1. The molecule has 9 nitrogen and oxygen atoms in total. The fourth-order valence-electron chi connectivity index (χ4n) is 6.76. The largest absolute Gasteiger partial charge is 0.367 e. The molecule has 0 aromatic carbocycles. The minimum atomic E-state index is -0.323. The minimum absolute atomic E-state index is 0.0489. The molecule has 2 N–H and O–H groups in total. The first-order valence-corrected chi connectivity index (χ1v) is 15.1. The average molecular weight is 545 g/mol. The Balaban J connectivity index is 1.15. The SMILES string of the molecule is CC1CN(c2ccc(Nc3ncc4c(n3)N3C(C=C4)C(=O)NCC34CCCCC4)nc2)CCN1CCC(C)(C)C. The van der Waals surface area contributed by atoms with Crippen molar-refractivity contribution in [2.75, 3.05) is 47.8 Å². The molecule has 214 valence electrons. The third-order valence-corrected chi connectivity index (χ3v) is 9.18. The number of aromatic nitrogens is 3. The summed E-state index contributed by atoms with van der Waals surface area (Å²) in [5, 5.41) is 6.49. The number of fused-ring (bicyclic) bond motifs is 4. The molecule has 1 amide bonds. The average Bonchev–Trinajstić information content (AvgIpc) is 2.94. The minimum Gasteiger partial charge on any atom is -0.367 e. The van der Waals surface area contributed by atoms with Crippen molar-refractivity contribution in [3.8, 4) is 0 Å². The van der Waals surface area contributed by atoms with Gasteiger partial charge in [-0.1, -0.05) is 52.2 Å². The normalized spacial score (nSPS) is 24.4. The zero-order valence-corrected chi connectivity index (χ0v) is 24.5. The zero-order valence-electron chi connectivity index (χ0n) is 24.5. The molecule has 3 aliphatic heterocycles. The van der Waals surface area contributed by atoms with Crippen molar-refractivity contribution in [1.82, 2.24) is 25.2 Å². The van der Waals surface area contributed by atoms with Gasteiger partial charge in [0.2, 0.25) is 11.9 Å². The standard InChI is InChI=1S/C31H44N8O/c1-22-20-38(17-16-37(22)15-14-30(2,3)4)24-9-11-26(32-19-24)35-29-33-18-23-8-10-25-28(40)34-21-31(12-6-5-7-13-31)39(25)27(23)36-29/h8-11,18-19,22,25H,5-7,12-17,20-21H2,1-4H3,(H,34,40)(H,32,33,35,36). The van der Waals surface area contributed by atoms with Gasteiger partial charge in [0, 0.05) is 44.0 Å². The lowest BCUT2D eigenvalue weighted by Gasteiger charge is -2.54. The summed E-state index contributed by atoms with van der Waals surface area (Å²) >= 11 is 0. The molecule has 2 atom stereocenters. The van der Waals surface area contributed by atoms with Crippen molar-refractivity contribution >= 4 is 35.3 Å². The highest BCUT2D eigenvalue weighted by Crippen LogP contribution is 2.43. The summed E-state index contributed by atoms with van der Waals surface area (Å²) in [6, 6.07) is 4.33. The highest BCUT2D eigenvalue weighted by Gasteiger charge is 2.49. The van der Waals surface area contributed by atoms with Crippen LogP contribution in [0, 0.1) is 5.41 Å². The molecule has 40 heavy (non-hydrogen) atoms. The Labute approximate surface area is 238 Å². The maximum Gasteiger partial charge on any atom is 0.246 e. The van der Waals surface area contributed by atoms with Gasteiger partial charge in [0.1, 0.15) is 17.7 Å². The number of carbonyl (C=O) groups excluding carboxylic acids is 1. The van der Waals surface area contributed by atoms with Crippen LogP contribution < -0.4 is 20.4 Å². The maximum atomic E-state index is 12.8. The molecule has 3 fully saturated rings. The van der Waals surface area contributed by atoms with Gasteiger partial charge in [-0.25, -0.2) is 9.97 Å². The van der Waals surface area contributed by atoms with E-state index >= 15 is 0 Å². The second-order valence-corrected chi connectivity index (χ2v) is 13.3. The Morgan fingerprint density at radius 3 is 2.65 bits per heavy atom. The van der Waals surface area contributed by atoms with Gasteiger partial charge < -0.3 is 20.4 Å². The molecule has 4 aliphatic rings. The fraction of sp³-hybridized carbons (Fsp3) is 0.613. The van der Waals surface area contributed by atoms with Gasteiger partial charge in [-0.05, 0) is 50.3 Å². The van der Waals surface area contributed by atoms with Crippen molar-refractivity contribution in [3.05, 3.63) is 36.2 Å². The quantitative estimate of drug-likeness (QED) is 0.565. The lowest BCUT2D eigenvalue weighted by molar-refractivity contribution is -0.123. The summed E-state index contributed by atoms with van der Waals surface area (Å²) in [5.74, 6) is 2.11. The van der Waals surface area contributed by atoms with E-state index in [0.717, 1.165) is 56.1 Å². The maximum absolute atomic E-state index is 12.8. The van der Waals surface area contributed by atoms with Crippen LogP contribution in [0.15, 0.2) is 30.6 Å². The second kappa shape index (κ2) is 10.7. The molecule has 9 heteroatoms. The second-order valence-electron chi connectivity index (χ2n) is 13.3. The summed E-state index contributed by atoms with van der Waals surface area (Å²) < 4.78 is 0. The summed E-state index contributed by atoms with van der Waals surface area (Å²) in [6.45, 7) is 14.2. The molecule has 1 saturated carbocycles. The number of piperazine rings is 2. The van der Waals surface area contributed by atoms with Crippen LogP contribution >= 0.6 is 0 Å². The molecule has 2 unspecified atom stereocenters. The Kier molecular flexibility index (Phi) is 7.19. The third-order valence-electron chi connectivity index (χ3n) is 9.18. The van der Waals surface area contributed by atoms with Crippen LogP contribution in [-0.2, 0) is 4.79 Å². The molecule has 1 spiro atoms. The highest BCUT2D eigenvalue weighted by molar-refractivity contribution is 5.93. The van der Waals surface area contributed by atoms with Crippen LogP contribution in [0.4, 0.5) is 23.3 Å². The topological polar surface area (TPSA) is 89.5 Å². The molecule has 0 radical (unpaired) electrons. The lowest BCUT2D eigenvalue weighted by atomic mass is 9.77. The van der Waals surface area contributed by atoms with Crippen LogP contribution in [0.5, 0.6) is 0 Å². The molecule has 2 saturated heterocycles. The van der Waals surface area contributed by atoms with Crippen molar-refractivity contribution in [2.24, 2.45) is 5.41 Å². The van der Waals surface area contributed by atoms with E-state index in [1.54, 1.807) is 0 Å². The van der Waals surface area contributed by atoms with Crippen LogP contribution in [-0.4, -0.2) is 76.1 Å². The molecule has 1 aliphatic carbocycles. The first-order chi connectivity index (χ1) is 19.2. The van der Waals surface area contributed by atoms with E-state index in [0.29, 0.717) is 29.8 Å². The Morgan fingerprint density at radius 2 is 1.93 bits per heavy atom. The lowest BCUT2D eigenvalue weighted by Crippen LogP contribution is -2.69. The molecular formula is C31H44N8O. The Hall–Kier alpha value is -3.20. The highest BCUT2D eigenvalue weighted by atomic mass is 16.2. The van der Waals surface area contributed by atoms with Crippen LogP contribution in [0.2, 0.25) is 0 Å². The number of hydrogen-bond acceptors (Lipinski definition) is 8. The van der Waals surface area contributed by atoms with Gasteiger partial charge in [0.15, 0.2) is 0 Å². The summed E-state index contributed by atoms with van der Waals surface area (Å²) in [7, 11) is 0. The van der Waals surface area contributed by atoms with E-state index in [1.807, 2.05) is 30.6 Å². The predicted octanol–water partition coefficient (Wildman–Crippen LogP) is 4.60. The number of nitrogens with one attached hydrogen (secondary N) is 2. The predicted molar refractivity (Wildman–Crippen MR) is 161 cm³/mol. The van der Waals surface area contributed by atoms with Gasteiger partial charge in [-0.3, -0.25) is 9.69 Å². The number of hydrogen-bond donors (Lipinski definition) is 2. The number of rotatable bonds is 5. The first kappa shape index (κ1) is 27.0. The van der Waals surface area contributed by atoms with Gasteiger partial charge in [-0.15, -0.1) is 0 Å². The van der Waals surface area contributed by atoms with Gasteiger partial charge >= 0.3 is 0 Å². The molecular weight excluding hydrogens is 500 g/mol. The van der Waals surface area contributed by atoms with Crippen LogP contribution in [0.25, 0.3) is 6.08 Å².